The number of carbonyl (C=O) groups is 1. The van der Waals surface area contributed by atoms with Crippen molar-refractivity contribution in [2.75, 3.05) is 18.6 Å². The van der Waals surface area contributed by atoms with Crippen LogP contribution in [0.4, 0.5) is 4.79 Å². The molecule has 5 nitrogen and oxygen atoms in total. The van der Waals surface area contributed by atoms with Gasteiger partial charge in [0, 0.05) is 35.1 Å². The second-order valence-electron chi connectivity index (χ2n) is 2.72. The normalized spacial score (nSPS) is 22.2. The Bertz CT molecular complexity index is 240. The molecule has 0 bridgehead atoms. The molecule has 6 heteroatoms. The van der Waals surface area contributed by atoms with E-state index in [-0.39, 0.29) is 6.03 Å². The summed E-state index contributed by atoms with van der Waals surface area (Å²) in [5, 5.41) is 6.30. The van der Waals surface area contributed by atoms with Gasteiger partial charge in [-0.25, -0.2) is 10.2 Å². The first-order valence-electron chi connectivity index (χ1n) is 4.10. The summed E-state index contributed by atoms with van der Waals surface area (Å²) in [6, 6.07) is -0.320. The van der Waals surface area contributed by atoms with Gasteiger partial charge >= 0.3 is 6.03 Å². The molecule has 74 valence electrons. The summed E-state index contributed by atoms with van der Waals surface area (Å²) in [7, 11) is 0.847. The van der Waals surface area contributed by atoms with Gasteiger partial charge in [-0.2, -0.15) is 5.10 Å². The van der Waals surface area contributed by atoms with E-state index in [1.807, 2.05) is 0 Å². The van der Waals surface area contributed by atoms with E-state index in [1.54, 1.807) is 0 Å². The summed E-state index contributed by atoms with van der Waals surface area (Å²) in [5.74, 6) is 1.32. The predicted molar refractivity (Wildman–Crippen MR) is 52.1 cm³/mol. The first kappa shape index (κ1) is 10.2. The molecule has 0 aromatic heterocycles. The number of nitrogens with one attached hydrogen (secondary N) is 2. The Morgan fingerprint density at radius 1 is 1.46 bits per heavy atom. The summed E-state index contributed by atoms with van der Waals surface area (Å²) >= 11 is 0. The minimum absolute atomic E-state index is 0.320. The Hall–Kier alpha value is -0.910. The number of amides is 2. The lowest BCUT2D eigenvalue weighted by molar-refractivity contribution is 0.243. The molecule has 0 aromatic carbocycles. The zero-order chi connectivity index (χ0) is 9.68. The monoisotopic (exact) mass is 203 g/mol. The standard InChI is InChI=1S/C7H13N3O2S/c1-8-7(11)10-9-6-2-4-13(12)5-3-6/h2-5H2,1H3,(H2,8,10,11). The van der Waals surface area contributed by atoms with E-state index in [2.05, 4.69) is 15.8 Å². The maximum atomic E-state index is 11.0. The van der Waals surface area contributed by atoms with Crippen molar-refractivity contribution < 1.29 is 9.00 Å². The van der Waals surface area contributed by atoms with Crippen LogP contribution >= 0.6 is 0 Å². The number of urea groups is 1. The molecule has 0 aromatic rings. The number of rotatable bonds is 1. The fraction of sp³-hybridized carbons (Fsp3) is 0.714. The van der Waals surface area contributed by atoms with Crippen LogP contribution in [0.3, 0.4) is 0 Å². The Morgan fingerprint density at radius 3 is 2.62 bits per heavy atom. The maximum Gasteiger partial charge on any atom is 0.334 e. The van der Waals surface area contributed by atoms with Crippen LogP contribution in [0.2, 0.25) is 0 Å². The van der Waals surface area contributed by atoms with E-state index in [0.717, 1.165) is 18.6 Å². The minimum Gasteiger partial charge on any atom is -0.340 e. The first-order valence-corrected chi connectivity index (χ1v) is 5.59. The second kappa shape index (κ2) is 4.96. The SMILES string of the molecule is CNC(=O)NN=C1CCS(=O)CC1. The van der Waals surface area contributed by atoms with Gasteiger partial charge in [0.25, 0.3) is 0 Å². The molecule has 1 heterocycles. The molecular formula is C7H13N3O2S. The van der Waals surface area contributed by atoms with E-state index < -0.39 is 10.8 Å². The van der Waals surface area contributed by atoms with Crippen molar-refractivity contribution in [3.8, 4) is 0 Å². The van der Waals surface area contributed by atoms with Crippen LogP contribution < -0.4 is 10.7 Å². The van der Waals surface area contributed by atoms with Crippen LogP contribution in [0, 0.1) is 0 Å². The minimum atomic E-state index is -0.686. The van der Waals surface area contributed by atoms with E-state index in [0.29, 0.717) is 11.5 Å². The topological polar surface area (TPSA) is 70.6 Å². The lowest BCUT2D eigenvalue weighted by Gasteiger charge is -2.11. The van der Waals surface area contributed by atoms with Gasteiger partial charge in [-0.15, -0.1) is 0 Å². The van der Waals surface area contributed by atoms with Crippen LogP contribution in [0.25, 0.3) is 0 Å². The van der Waals surface area contributed by atoms with Crippen LogP contribution in [0.1, 0.15) is 12.8 Å². The zero-order valence-electron chi connectivity index (χ0n) is 7.50. The van der Waals surface area contributed by atoms with E-state index >= 15 is 0 Å². The molecule has 0 unspecified atom stereocenters. The summed E-state index contributed by atoms with van der Waals surface area (Å²) in [6.45, 7) is 0. The third kappa shape index (κ3) is 3.54. The fourth-order valence-electron chi connectivity index (χ4n) is 0.988. The van der Waals surface area contributed by atoms with Gasteiger partial charge in [-0.3, -0.25) is 4.21 Å². The molecule has 1 saturated heterocycles. The number of carbonyl (C=O) groups excluding carboxylic acids is 1. The van der Waals surface area contributed by atoms with Crippen LogP contribution in [-0.4, -0.2) is 34.5 Å². The van der Waals surface area contributed by atoms with E-state index in [9.17, 15) is 9.00 Å². The van der Waals surface area contributed by atoms with E-state index in [4.69, 9.17) is 0 Å². The molecule has 1 rings (SSSR count). The molecule has 1 fully saturated rings. The average molecular weight is 203 g/mol. The molecular weight excluding hydrogens is 190 g/mol. The van der Waals surface area contributed by atoms with Gasteiger partial charge in [0.05, 0.1) is 0 Å². The van der Waals surface area contributed by atoms with Gasteiger partial charge in [0.1, 0.15) is 0 Å². The largest absolute Gasteiger partial charge is 0.340 e. The number of hydrazone groups is 1. The summed E-state index contributed by atoms with van der Waals surface area (Å²) in [5.41, 5.74) is 3.28. The average Bonchev–Trinajstić information content (AvgIpc) is 2.16. The van der Waals surface area contributed by atoms with E-state index in [1.165, 1.54) is 7.05 Å². The van der Waals surface area contributed by atoms with Crippen molar-refractivity contribution in [3.05, 3.63) is 0 Å². The molecule has 2 amide bonds. The summed E-state index contributed by atoms with van der Waals surface area (Å²) < 4.78 is 11.0. The number of nitrogens with zero attached hydrogens (tertiary/aromatic N) is 1. The lowest BCUT2D eigenvalue weighted by atomic mass is 10.2. The van der Waals surface area contributed by atoms with Crippen LogP contribution in [0.5, 0.6) is 0 Å². The molecule has 0 radical (unpaired) electrons. The van der Waals surface area contributed by atoms with Crippen molar-refractivity contribution in [2.45, 2.75) is 12.8 Å². The smallest absolute Gasteiger partial charge is 0.334 e. The van der Waals surface area contributed by atoms with Gasteiger partial charge in [0.2, 0.25) is 0 Å². The molecule has 1 aliphatic heterocycles. The van der Waals surface area contributed by atoms with Crippen molar-refractivity contribution in [1.29, 1.82) is 0 Å². The number of hydrogen-bond acceptors (Lipinski definition) is 3. The zero-order valence-corrected chi connectivity index (χ0v) is 8.32. The highest BCUT2D eigenvalue weighted by Gasteiger charge is 2.12. The van der Waals surface area contributed by atoms with Gasteiger partial charge in [0.15, 0.2) is 0 Å². The highest BCUT2D eigenvalue weighted by atomic mass is 32.2. The van der Waals surface area contributed by atoms with Crippen molar-refractivity contribution in [2.24, 2.45) is 5.10 Å². The highest BCUT2D eigenvalue weighted by molar-refractivity contribution is 7.85. The third-order valence-electron chi connectivity index (χ3n) is 1.78. The quantitative estimate of drug-likeness (QED) is 0.580. The van der Waals surface area contributed by atoms with Crippen LogP contribution in [-0.2, 0) is 10.8 Å². The fourth-order valence-corrected chi connectivity index (χ4v) is 2.12. The molecule has 0 saturated carbocycles. The van der Waals surface area contributed by atoms with Crippen molar-refractivity contribution in [1.82, 2.24) is 10.7 Å². The van der Waals surface area contributed by atoms with Crippen molar-refractivity contribution in [3.63, 3.8) is 0 Å². The maximum absolute atomic E-state index is 11.0. The first-order chi connectivity index (χ1) is 6.22. The predicted octanol–water partition coefficient (Wildman–Crippen LogP) is -0.186. The molecule has 0 spiro atoms. The van der Waals surface area contributed by atoms with Crippen molar-refractivity contribution >= 4 is 22.5 Å². The van der Waals surface area contributed by atoms with Gasteiger partial charge < -0.3 is 5.32 Å². The Balaban J connectivity index is 2.35. The summed E-state index contributed by atoms with van der Waals surface area (Å²) in [4.78, 5) is 10.7. The third-order valence-corrected chi connectivity index (χ3v) is 3.10. The Kier molecular flexibility index (Phi) is 3.88. The summed E-state index contributed by atoms with van der Waals surface area (Å²) in [6.07, 6.45) is 1.44. The second-order valence-corrected chi connectivity index (χ2v) is 4.41. The number of hydrogen-bond donors (Lipinski definition) is 2. The molecule has 2 N–H and O–H groups in total. The molecule has 13 heavy (non-hydrogen) atoms. The molecule has 0 atom stereocenters. The molecule has 1 aliphatic rings. The highest BCUT2D eigenvalue weighted by Crippen LogP contribution is 2.04. The Morgan fingerprint density at radius 2 is 2.08 bits per heavy atom. The lowest BCUT2D eigenvalue weighted by Crippen LogP contribution is -2.30. The van der Waals surface area contributed by atoms with Crippen LogP contribution in [0.15, 0.2) is 5.10 Å². The van der Waals surface area contributed by atoms with Gasteiger partial charge in [-0.05, 0) is 12.8 Å². The van der Waals surface area contributed by atoms with Gasteiger partial charge in [-0.1, -0.05) is 0 Å². The Labute approximate surface area is 79.4 Å². The molecule has 0 aliphatic carbocycles.